The predicted octanol–water partition coefficient (Wildman–Crippen LogP) is 2.77. The van der Waals surface area contributed by atoms with Crippen LogP contribution < -0.4 is 10.1 Å². The van der Waals surface area contributed by atoms with Crippen LogP contribution in [0.4, 0.5) is 0 Å². The molecule has 1 aliphatic rings. The number of ether oxygens (including phenoxy) is 1. The van der Waals surface area contributed by atoms with Gasteiger partial charge in [-0.1, -0.05) is 19.1 Å². The predicted molar refractivity (Wildman–Crippen MR) is 94.1 cm³/mol. The number of amides is 2. The molecule has 1 saturated heterocycles. The standard InChI is InChI=1S/C19H26N2O3/c1-2-15-24-17-10-8-16(9-11-17)19(23)20-12-6-14-21-13-5-3-4-7-18(21)22/h2,8-11H,1,3-7,12-15H2,(H,20,23). The molecule has 1 heterocycles. The van der Waals surface area contributed by atoms with Gasteiger partial charge in [0, 0.05) is 31.6 Å². The van der Waals surface area contributed by atoms with E-state index in [9.17, 15) is 9.59 Å². The fourth-order valence-electron chi connectivity index (χ4n) is 2.71. The maximum absolute atomic E-state index is 12.1. The molecule has 0 radical (unpaired) electrons. The van der Waals surface area contributed by atoms with Crippen molar-refractivity contribution in [2.45, 2.75) is 32.1 Å². The van der Waals surface area contributed by atoms with E-state index in [-0.39, 0.29) is 11.8 Å². The smallest absolute Gasteiger partial charge is 0.251 e. The number of hydrogen-bond donors (Lipinski definition) is 1. The molecule has 1 aromatic carbocycles. The number of rotatable bonds is 8. The molecular formula is C19H26N2O3. The van der Waals surface area contributed by atoms with Crippen molar-refractivity contribution in [2.24, 2.45) is 0 Å². The van der Waals surface area contributed by atoms with Crippen LogP contribution in [0.2, 0.25) is 0 Å². The minimum Gasteiger partial charge on any atom is -0.490 e. The second kappa shape index (κ2) is 9.75. The third-order valence-corrected chi connectivity index (χ3v) is 4.05. The van der Waals surface area contributed by atoms with Gasteiger partial charge in [0.25, 0.3) is 5.91 Å². The number of nitrogens with zero attached hydrogens (tertiary/aromatic N) is 1. The Kier molecular flexibility index (Phi) is 7.33. The molecule has 1 aliphatic heterocycles. The molecule has 1 aromatic rings. The Hall–Kier alpha value is -2.30. The lowest BCUT2D eigenvalue weighted by molar-refractivity contribution is -0.130. The van der Waals surface area contributed by atoms with Crippen molar-refractivity contribution in [3.63, 3.8) is 0 Å². The fraction of sp³-hybridized carbons (Fsp3) is 0.474. The van der Waals surface area contributed by atoms with Crippen LogP contribution in [0.1, 0.15) is 42.5 Å². The van der Waals surface area contributed by atoms with Gasteiger partial charge in [-0.15, -0.1) is 0 Å². The van der Waals surface area contributed by atoms with Crippen molar-refractivity contribution in [1.29, 1.82) is 0 Å². The first-order valence-corrected chi connectivity index (χ1v) is 8.60. The molecule has 24 heavy (non-hydrogen) atoms. The minimum absolute atomic E-state index is 0.104. The third-order valence-electron chi connectivity index (χ3n) is 4.05. The van der Waals surface area contributed by atoms with E-state index >= 15 is 0 Å². The summed E-state index contributed by atoms with van der Waals surface area (Å²) < 4.78 is 5.39. The second-order valence-corrected chi connectivity index (χ2v) is 5.92. The molecule has 0 aromatic heterocycles. The molecule has 2 amide bonds. The molecule has 0 saturated carbocycles. The van der Waals surface area contributed by atoms with Gasteiger partial charge in [0.15, 0.2) is 0 Å². The van der Waals surface area contributed by atoms with Crippen LogP contribution >= 0.6 is 0 Å². The molecule has 5 heteroatoms. The highest BCUT2D eigenvalue weighted by molar-refractivity contribution is 5.94. The Bertz CT molecular complexity index is 554. The number of benzene rings is 1. The molecule has 2 rings (SSSR count). The minimum atomic E-state index is -0.104. The van der Waals surface area contributed by atoms with E-state index in [1.165, 1.54) is 0 Å². The van der Waals surface area contributed by atoms with Crippen molar-refractivity contribution >= 4 is 11.8 Å². The maximum atomic E-state index is 12.1. The van der Waals surface area contributed by atoms with Gasteiger partial charge in [0.2, 0.25) is 5.91 Å². The molecule has 1 fully saturated rings. The fourth-order valence-corrected chi connectivity index (χ4v) is 2.71. The van der Waals surface area contributed by atoms with Crippen LogP contribution in [-0.2, 0) is 4.79 Å². The molecule has 130 valence electrons. The van der Waals surface area contributed by atoms with E-state index < -0.39 is 0 Å². The van der Waals surface area contributed by atoms with Gasteiger partial charge < -0.3 is 15.0 Å². The van der Waals surface area contributed by atoms with Gasteiger partial charge in [-0.05, 0) is 43.5 Å². The van der Waals surface area contributed by atoms with Crippen LogP contribution in [0.15, 0.2) is 36.9 Å². The maximum Gasteiger partial charge on any atom is 0.251 e. The normalized spacial score (nSPS) is 14.8. The average molecular weight is 330 g/mol. The van der Waals surface area contributed by atoms with E-state index in [0.29, 0.717) is 37.4 Å². The zero-order valence-corrected chi connectivity index (χ0v) is 14.1. The zero-order chi connectivity index (χ0) is 17.2. The van der Waals surface area contributed by atoms with Gasteiger partial charge in [0.1, 0.15) is 12.4 Å². The van der Waals surface area contributed by atoms with Crippen molar-refractivity contribution in [2.75, 3.05) is 26.2 Å². The van der Waals surface area contributed by atoms with E-state index in [4.69, 9.17) is 4.74 Å². The first-order chi connectivity index (χ1) is 11.7. The summed E-state index contributed by atoms with van der Waals surface area (Å²) in [7, 11) is 0. The van der Waals surface area contributed by atoms with E-state index in [0.717, 1.165) is 32.2 Å². The number of carbonyl (C=O) groups excluding carboxylic acids is 2. The Balaban J connectivity index is 1.70. The van der Waals surface area contributed by atoms with Crippen LogP contribution in [-0.4, -0.2) is 43.0 Å². The molecule has 0 atom stereocenters. The summed E-state index contributed by atoms with van der Waals surface area (Å²) in [5, 5.41) is 2.90. The molecule has 0 unspecified atom stereocenters. The van der Waals surface area contributed by atoms with Gasteiger partial charge >= 0.3 is 0 Å². The number of nitrogens with one attached hydrogen (secondary N) is 1. The second-order valence-electron chi connectivity index (χ2n) is 5.92. The summed E-state index contributed by atoms with van der Waals surface area (Å²) in [6.07, 6.45) is 6.32. The number of carbonyl (C=O) groups is 2. The largest absolute Gasteiger partial charge is 0.490 e. The third kappa shape index (κ3) is 5.72. The van der Waals surface area contributed by atoms with Crippen molar-refractivity contribution in [3.05, 3.63) is 42.5 Å². The SMILES string of the molecule is C=CCOc1ccc(C(=O)NCCCN2CCCCCC2=O)cc1. The summed E-state index contributed by atoms with van der Waals surface area (Å²) in [4.78, 5) is 25.9. The Morgan fingerprint density at radius 3 is 2.79 bits per heavy atom. The van der Waals surface area contributed by atoms with E-state index in [1.807, 2.05) is 4.90 Å². The number of likely N-dealkylation sites (tertiary alicyclic amines) is 1. The van der Waals surface area contributed by atoms with Gasteiger partial charge in [0.05, 0.1) is 0 Å². The molecule has 0 spiro atoms. The molecule has 0 aliphatic carbocycles. The highest BCUT2D eigenvalue weighted by Gasteiger charge is 2.15. The van der Waals surface area contributed by atoms with Crippen molar-refractivity contribution in [3.8, 4) is 5.75 Å². The average Bonchev–Trinajstić information content (AvgIpc) is 2.81. The van der Waals surface area contributed by atoms with Gasteiger partial charge in [-0.25, -0.2) is 0 Å². The highest BCUT2D eigenvalue weighted by atomic mass is 16.5. The monoisotopic (exact) mass is 330 g/mol. The lowest BCUT2D eigenvalue weighted by Gasteiger charge is -2.20. The zero-order valence-electron chi connectivity index (χ0n) is 14.1. The quantitative estimate of drug-likeness (QED) is 0.589. The summed E-state index contributed by atoms with van der Waals surface area (Å²) in [6.45, 7) is 6.17. The topological polar surface area (TPSA) is 58.6 Å². The summed E-state index contributed by atoms with van der Waals surface area (Å²) >= 11 is 0. The molecule has 1 N–H and O–H groups in total. The Labute approximate surface area is 143 Å². The molecular weight excluding hydrogens is 304 g/mol. The lowest BCUT2D eigenvalue weighted by atomic mass is 10.2. The lowest BCUT2D eigenvalue weighted by Crippen LogP contribution is -2.34. The number of hydrogen-bond acceptors (Lipinski definition) is 3. The van der Waals surface area contributed by atoms with E-state index in [2.05, 4.69) is 11.9 Å². The van der Waals surface area contributed by atoms with Crippen LogP contribution in [0.3, 0.4) is 0 Å². The van der Waals surface area contributed by atoms with Crippen LogP contribution in [0.25, 0.3) is 0 Å². The first-order valence-electron chi connectivity index (χ1n) is 8.60. The van der Waals surface area contributed by atoms with Crippen LogP contribution in [0.5, 0.6) is 5.75 Å². The molecule has 0 bridgehead atoms. The highest BCUT2D eigenvalue weighted by Crippen LogP contribution is 2.13. The summed E-state index contributed by atoms with van der Waals surface area (Å²) in [6, 6.07) is 7.03. The van der Waals surface area contributed by atoms with Gasteiger partial charge in [-0.3, -0.25) is 9.59 Å². The van der Waals surface area contributed by atoms with E-state index in [1.54, 1.807) is 30.3 Å². The molecule has 5 nitrogen and oxygen atoms in total. The Morgan fingerprint density at radius 1 is 1.25 bits per heavy atom. The summed E-state index contributed by atoms with van der Waals surface area (Å²) in [5.74, 6) is 0.854. The Morgan fingerprint density at radius 2 is 2.04 bits per heavy atom. The summed E-state index contributed by atoms with van der Waals surface area (Å²) in [5.41, 5.74) is 0.604. The van der Waals surface area contributed by atoms with Crippen LogP contribution in [0, 0.1) is 0 Å². The first kappa shape index (κ1) is 18.0. The van der Waals surface area contributed by atoms with Gasteiger partial charge in [-0.2, -0.15) is 0 Å². The van der Waals surface area contributed by atoms with Crippen molar-refractivity contribution in [1.82, 2.24) is 10.2 Å². The van der Waals surface area contributed by atoms with Crippen molar-refractivity contribution < 1.29 is 14.3 Å².